The third kappa shape index (κ3) is 5.11. The first-order chi connectivity index (χ1) is 6.14. The standard InChI is InChI=1S/C7H16N2O3S.ClH/c8-3-4-9-13(10,11)6-7-2-1-5-12-7;/h7,9H,1-6,8H2;1H. The van der Waals surface area contributed by atoms with Crippen LogP contribution in [0.15, 0.2) is 0 Å². The zero-order chi connectivity index (χ0) is 9.73. The molecule has 0 bridgehead atoms. The molecule has 0 radical (unpaired) electrons. The average Bonchev–Trinajstić information content (AvgIpc) is 2.52. The maximum Gasteiger partial charge on any atom is 0.214 e. The lowest BCUT2D eigenvalue weighted by Gasteiger charge is -2.10. The Balaban J connectivity index is 0.00000169. The summed E-state index contributed by atoms with van der Waals surface area (Å²) in [6.45, 7) is 1.30. The highest BCUT2D eigenvalue weighted by molar-refractivity contribution is 7.89. The minimum Gasteiger partial charge on any atom is -0.377 e. The second-order valence-corrected chi connectivity index (χ2v) is 4.95. The number of nitrogens with one attached hydrogen (secondary N) is 1. The summed E-state index contributed by atoms with van der Waals surface area (Å²) >= 11 is 0. The van der Waals surface area contributed by atoms with Gasteiger partial charge in [-0.25, -0.2) is 13.1 Å². The molecule has 3 N–H and O–H groups in total. The minimum atomic E-state index is -3.18. The van der Waals surface area contributed by atoms with Crippen molar-refractivity contribution in [3.8, 4) is 0 Å². The Labute approximate surface area is 90.8 Å². The predicted octanol–water partition coefficient (Wildman–Crippen LogP) is -0.535. The summed E-state index contributed by atoms with van der Waals surface area (Å²) in [6.07, 6.45) is 1.66. The van der Waals surface area contributed by atoms with Crippen LogP contribution < -0.4 is 10.5 Å². The van der Waals surface area contributed by atoms with Crippen LogP contribution in [0, 0.1) is 0 Å². The van der Waals surface area contributed by atoms with Crippen molar-refractivity contribution in [3.05, 3.63) is 0 Å². The Kier molecular flexibility index (Phi) is 6.63. The zero-order valence-electron chi connectivity index (χ0n) is 7.94. The third-order valence-electron chi connectivity index (χ3n) is 1.90. The van der Waals surface area contributed by atoms with Crippen molar-refractivity contribution in [1.82, 2.24) is 4.72 Å². The molecule has 0 aromatic carbocycles. The van der Waals surface area contributed by atoms with Crippen LogP contribution in [-0.2, 0) is 14.8 Å². The summed E-state index contributed by atoms with van der Waals surface area (Å²) < 4.78 is 30.2. The van der Waals surface area contributed by atoms with Crippen molar-refractivity contribution in [1.29, 1.82) is 0 Å². The average molecular weight is 245 g/mol. The molecule has 0 amide bonds. The van der Waals surface area contributed by atoms with Crippen molar-refractivity contribution >= 4 is 22.4 Å². The first kappa shape index (κ1) is 14.1. The van der Waals surface area contributed by atoms with E-state index in [1.807, 2.05) is 0 Å². The van der Waals surface area contributed by atoms with Gasteiger partial charge in [0.2, 0.25) is 10.0 Å². The fraction of sp³-hybridized carbons (Fsp3) is 1.00. The van der Waals surface area contributed by atoms with Gasteiger partial charge < -0.3 is 10.5 Å². The highest BCUT2D eigenvalue weighted by Crippen LogP contribution is 2.13. The molecule has 0 aliphatic carbocycles. The van der Waals surface area contributed by atoms with Gasteiger partial charge >= 0.3 is 0 Å². The zero-order valence-corrected chi connectivity index (χ0v) is 9.57. The van der Waals surface area contributed by atoms with Crippen LogP contribution in [0.25, 0.3) is 0 Å². The maximum atomic E-state index is 11.3. The van der Waals surface area contributed by atoms with Crippen molar-refractivity contribution in [2.45, 2.75) is 18.9 Å². The van der Waals surface area contributed by atoms with E-state index in [2.05, 4.69) is 4.72 Å². The molecule has 86 valence electrons. The van der Waals surface area contributed by atoms with E-state index in [0.717, 1.165) is 12.8 Å². The Hall–Kier alpha value is 0.120. The highest BCUT2D eigenvalue weighted by atomic mass is 35.5. The fourth-order valence-electron chi connectivity index (χ4n) is 1.29. The van der Waals surface area contributed by atoms with Gasteiger partial charge in [-0.2, -0.15) is 0 Å². The third-order valence-corrected chi connectivity index (χ3v) is 3.35. The van der Waals surface area contributed by atoms with Crippen molar-refractivity contribution in [2.24, 2.45) is 5.73 Å². The maximum absolute atomic E-state index is 11.3. The summed E-state index contributed by atoms with van der Waals surface area (Å²) in [4.78, 5) is 0. The summed E-state index contributed by atoms with van der Waals surface area (Å²) in [5.74, 6) is 0.0625. The summed E-state index contributed by atoms with van der Waals surface area (Å²) in [7, 11) is -3.18. The number of hydrogen-bond acceptors (Lipinski definition) is 4. The molecule has 0 aromatic rings. The molecule has 1 atom stereocenters. The second-order valence-electron chi connectivity index (χ2n) is 3.10. The van der Waals surface area contributed by atoms with Crippen LogP contribution in [0.1, 0.15) is 12.8 Å². The number of ether oxygens (including phenoxy) is 1. The SMILES string of the molecule is Cl.NCCNS(=O)(=O)CC1CCCO1. The Morgan fingerprint density at radius 1 is 1.50 bits per heavy atom. The van der Waals surface area contributed by atoms with E-state index in [1.54, 1.807) is 0 Å². The second kappa shape index (κ2) is 6.58. The quantitative estimate of drug-likeness (QED) is 0.681. The molecular weight excluding hydrogens is 228 g/mol. The van der Waals surface area contributed by atoms with E-state index >= 15 is 0 Å². The summed E-state index contributed by atoms with van der Waals surface area (Å²) in [6, 6.07) is 0. The van der Waals surface area contributed by atoms with E-state index in [9.17, 15) is 8.42 Å². The van der Waals surface area contributed by atoms with Crippen LogP contribution >= 0.6 is 12.4 Å². The molecule has 1 rings (SSSR count). The van der Waals surface area contributed by atoms with Gasteiger partial charge in [-0.15, -0.1) is 12.4 Å². The molecule has 1 aliphatic rings. The molecule has 1 unspecified atom stereocenters. The highest BCUT2D eigenvalue weighted by Gasteiger charge is 2.22. The van der Waals surface area contributed by atoms with Gasteiger partial charge in [0, 0.05) is 19.7 Å². The van der Waals surface area contributed by atoms with Gasteiger partial charge in [0.05, 0.1) is 11.9 Å². The molecule has 14 heavy (non-hydrogen) atoms. The fourth-order valence-corrected chi connectivity index (χ4v) is 2.59. The predicted molar refractivity (Wildman–Crippen MR) is 57.1 cm³/mol. The molecule has 1 heterocycles. The van der Waals surface area contributed by atoms with Crippen LogP contribution in [-0.4, -0.2) is 40.0 Å². The van der Waals surface area contributed by atoms with E-state index in [-0.39, 0.29) is 24.3 Å². The summed E-state index contributed by atoms with van der Waals surface area (Å²) in [5, 5.41) is 0. The van der Waals surface area contributed by atoms with Crippen LogP contribution in [0.5, 0.6) is 0 Å². The lowest BCUT2D eigenvalue weighted by atomic mass is 10.3. The van der Waals surface area contributed by atoms with E-state index in [0.29, 0.717) is 19.7 Å². The Morgan fingerprint density at radius 2 is 2.21 bits per heavy atom. The van der Waals surface area contributed by atoms with Gasteiger partial charge in [0.25, 0.3) is 0 Å². The van der Waals surface area contributed by atoms with Gasteiger partial charge in [-0.1, -0.05) is 0 Å². The monoisotopic (exact) mass is 244 g/mol. The van der Waals surface area contributed by atoms with Crippen LogP contribution in [0.4, 0.5) is 0 Å². The minimum absolute atomic E-state index is 0. The number of hydrogen-bond donors (Lipinski definition) is 2. The normalized spacial score (nSPS) is 21.9. The van der Waals surface area contributed by atoms with Crippen molar-refractivity contribution in [3.63, 3.8) is 0 Å². The van der Waals surface area contributed by atoms with Crippen LogP contribution in [0.2, 0.25) is 0 Å². The van der Waals surface area contributed by atoms with Crippen molar-refractivity contribution in [2.75, 3.05) is 25.4 Å². The van der Waals surface area contributed by atoms with E-state index < -0.39 is 10.0 Å². The number of nitrogens with two attached hydrogens (primary N) is 1. The Bertz CT molecular complexity index is 239. The number of halogens is 1. The Morgan fingerprint density at radius 3 is 2.71 bits per heavy atom. The molecule has 7 heteroatoms. The molecule has 1 saturated heterocycles. The van der Waals surface area contributed by atoms with Gasteiger partial charge in [0.15, 0.2) is 0 Å². The smallest absolute Gasteiger partial charge is 0.214 e. The molecule has 0 aromatic heterocycles. The molecule has 0 saturated carbocycles. The number of rotatable bonds is 5. The van der Waals surface area contributed by atoms with Gasteiger partial charge in [0.1, 0.15) is 0 Å². The van der Waals surface area contributed by atoms with Gasteiger partial charge in [-0.3, -0.25) is 0 Å². The first-order valence-corrected chi connectivity index (χ1v) is 6.08. The summed E-state index contributed by atoms with van der Waals surface area (Å²) in [5.41, 5.74) is 5.19. The topological polar surface area (TPSA) is 81.4 Å². The van der Waals surface area contributed by atoms with Gasteiger partial charge in [-0.05, 0) is 12.8 Å². The molecule has 0 spiro atoms. The van der Waals surface area contributed by atoms with E-state index in [4.69, 9.17) is 10.5 Å². The van der Waals surface area contributed by atoms with Crippen LogP contribution in [0.3, 0.4) is 0 Å². The number of sulfonamides is 1. The molecule has 5 nitrogen and oxygen atoms in total. The lowest BCUT2D eigenvalue weighted by Crippen LogP contribution is -2.34. The molecule has 1 fully saturated rings. The van der Waals surface area contributed by atoms with E-state index in [1.165, 1.54) is 0 Å². The molecule has 1 aliphatic heterocycles. The van der Waals surface area contributed by atoms with Crippen molar-refractivity contribution < 1.29 is 13.2 Å². The lowest BCUT2D eigenvalue weighted by molar-refractivity contribution is 0.127. The first-order valence-electron chi connectivity index (χ1n) is 4.43. The molecular formula is C7H17ClN2O3S. The largest absolute Gasteiger partial charge is 0.377 e.